The summed E-state index contributed by atoms with van der Waals surface area (Å²) in [5, 5.41) is 16.1. The summed E-state index contributed by atoms with van der Waals surface area (Å²) in [5.41, 5.74) is 2.72. The minimum absolute atomic E-state index is 0. The Morgan fingerprint density at radius 3 is 2.78 bits per heavy atom. The Morgan fingerprint density at radius 2 is 2.00 bits per heavy atom. The summed E-state index contributed by atoms with van der Waals surface area (Å²) in [4.78, 5) is 18.5. The van der Waals surface area contributed by atoms with Crippen LogP contribution in [0.25, 0.3) is 10.9 Å². The van der Waals surface area contributed by atoms with Crippen LogP contribution in [0.5, 0.6) is 11.5 Å². The Balaban J connectivity index is 0.00000180. The van der Waals surface area contributed by atoms with Gasteiger partial charge in [0.15, 0.2) is 23.3 Å². The van der Waals surface area contributed by atoms with Gasteiger partial charge >= 0.3 is 0 Å². The zero-order chi connectivity index (χ0) is 23.5. The van der Waals surface area contributed by atoms with Crippen molar-refractivity contribution in [2.24, 2.45) is 0 Å². The summed E-state index contributed by atoms with van der Waals surface area (Å²) in [6, 6.07) is 10.0. The third-order valence-corrected chi connectivity index (χ3v) is 6.70. The fourth-order valence-electron chi connectivity index (χ4n) is 4.46. The molecule has 2 aliphatic rings. The summed E-state index contributed by atoms with van der Waals surface area (Å²) < 4.78 is 10.7. The van der Waals surface area contributed by atoms with Crippen LogP contribution in [-0.2, 0) is 17.8 Å². The first-order valence-corrected chi connectivity index (χ1v) is 11.8. The van der Waals surface area contributed by atoms with Crippen molar-refractivity contribution in [2.45, 2.75) is 31.8 Å². The fourth-order valence-corrected chi connectivity index (χ4v) is 4.69. The van der Waals surface area contributed by atoms with Crippen molar-refractivity contribution >= 4 is 59.0 Å². The van der Waals surface area contributed by atoms with Crippen molar-refractivity contribution in [1.29, 1.82) is 0 Å². The maximum atomic E-state index is 11.5. The van der Waals surface area contributed by atoms with Crippen molar-refractivity contribution in [3.63, 3.8) is 0 Å². The highest BCUT2D eigenvalue weighted by atomic mass is 35.5. The average Bonchev–Trinajstić information content (AvgIpc) is 2.87. The maximum Gasteiger partial charge on any atom is 0.263 e. The molecule has 0 atom stereocenters. The van der Waals surface area contributed by atoms with Gasteiger partial charge in [0.2, 0.25) is 0 Å². The monoisotopic (exact) mass is 554 g/mol. The number of hydrogen-bond donors (Lipinski definition) is 2. The summed E-state index contributed by atoms with van der Waals surface area (Å²) in [6.45, 7) is 3.63. The summed E-state index contributed by atoms with van der Waals surface area (Å²) in [7, 11) is 1.66. The van der Waals surface area contributed by atoms with Crippen molar-refractivity contribution < 1.29 is 14.3 Å². The molecule has 5 rings (SSSR count). The van der Waals surface area contributed by atoms with Crippen LogP contribution in [0.4, 0.5) is 5.82 Å². The number of anilines is 1. The van der Waals surface area contributed by atoms with Gasteiger partial charge in [0.05, 0.1) is 18.3 Å². The maximum absolute atomic E-state index is 11.5. The number of aromatic nitrogens is 3. The molecule has 0 saturated carbocycles. The van der Waals surface area contributed by atoms with Crippen LogP contribution in [-0.4, -0.2) is 65.4 Å². The first kappa shape index (κ1) is 28.1. The molecule has 36 heavy (non-hydrogen) atoms. The van der Waals surface area contributed by atoms with Crippen molar-refractivity contribution in [2.75, 3.05) is 38.7 Å². The zero-order valence-corrected chi connectivity index (χ0v) is 22.2. The smallest absolute Gasteiger partial charge is 0.263 e. The van der Waals surface area contributed by atoms with Crippen LogP contribution >= 0.6 is 36.4 Å². The van der Waals surface area contributed by atoms with Gasteiger partial charge in [-0.15, -0.1) is 35.0 Å². The molecular formula is C24H29Cl3N6O3. The largest absolute Gasteiger partial charge is 0.497 e. The summed E-state index contributed by atoms with van der Waals surface area (Å²) in [6.07, 6.45) is 2.92. The zero-order valence-electron chi connectivity index (χ0n) is 19.8. The Bertz CT molecular complexity index is 1210. The summed E-state index contributed by atoms with van der Waals surface area (Å²) in [5.74, 6) is 1.73. The van der Waals surface area contributed by atoms with E-state index in [1.54, 1.807) is 7.11 Å². The molecule has 194 valence electrons. The third kappa shape index (κ3) is 6.46. The number of nitrogens with zero attached hydrogens (tertiary/aromatic N) is 4. The van der Waals surface area contributed by atoms with E-state index in [9.17, 15) is 4.79 Å². The van der Waals surface area contributed by atoms with Crippen LogP contribution in [0.15, 0.2) is 30.3 Å². The van der Waals surface area contributed by atoms with Crippen LogP contribution < -0.4 is 20.1 Å². The molecule has 3 aromatic rings. The number of halogens is 3. The molecular weight excluding hydrogens is 527 g/mol. The number of amides is 1. The molecule has 9 nitrogen and oxygen atoms in total. The normalized spacial score (nSPS) is 15.8. The van der Waals surface area contributed by atoms with E-state index in [1.165, 1.54) is 0 Å². The molecule has 1 amide bonds. The average molecular weight is 556 g/mol. The van der Waals surface area contributed by atoms with Gasteiger partial charge in [-0.1, -0.05) is 11.6 Å². The van der Waals surface area contributed by atoms with Gasteiger partial charge in [0, 0.05) is 30.1 Å². The number of methoxy groups -OCH3 is 1. The lowest BCUT2D eigenvalue weighted by molar-refractivity contribution is -0.118. The minimum atomic E-state index is -0.173. The second-order valence-corrected chi connectivity index (χ2v) is 8.94. The highest BCUT2D eigenvalue weighted by molar-refractivity contribution is 6.30. The number of nitrogens with one attached hydrogen (secondary N) is 2. The number of pyridine rings is 1. The number of hydrogen-bond acceptors (Lipinski definition) is 8. The number of benzene rings is 1. The quantitative estimate of drug-likeness (QED) is 0.456. The van der Waals surface area contributed by atoms with E-state index in [2.05, 4.69) is 30.7 Å². The number of ether oxygens (including phenoxy) is 2. The lowest BCUT2D eigenvalue weighted by Gasteiger charge is -2.32. The Hall–Kier alpha value is -2.43. The molecule has 0 radical (unpaired) electrons. The number of likely N-dealkylation sites (tertiary alicyclic amines) is 1. The number of carbonyl (C=O) groups is 1. The van der Waals surface area contributed by atoms with Crippen molar-refractivity contribution in [3.05, 3.63) is 46.7 Å². The predicted molar refractivity (Wildman–Crippen MR) is 144 cm³/mol. The van der Waals surface area contributed by atoms with E-state index < -0.39 is 0 Å². The van der Waals surface area contributed by atoms with Gasteiger partial charge < -0.3 is 25.0 Å². The van der Waals surface area contributed by atoms with E-state index >= 15 is 0 Å². The Kier molecular flexibility index (Phi) is 9.92. The summed E-state index contributed by atoms with van der Waals surface area (Å²) >= 11 is 6.41. The first-order valence-electron chi connectivity index (χ1n) is 11.5. The lowest BCUT2D eigenvalue weighted by Crippen LogP contribution is -2.43. The van der Waals surface area contributed by atoms with Gasteiger partial charge in [-0.25, -0.2) is 4.98 Å². The highest BCUT2D eigenvalue weighted by Gasteiger charge is 2.21. The molecule has 0 unspecified atom stereocenters. The van der Waals surface area contributed by atoms with Gasteiger partial charge in [0.25, 0.3) is 5.91 Å². The van der Waals surface area contributed by atoms with E-state index in [0.717, 1.165) is 66.8 Å². The number of carbonyl (C=O) groups excluding carboxylic acids is 1. The van der Waals surface area contributed by atoms with E-state index in [-0.39, 0.29) is 37.3 Å². The van der Waals surface area contributed by atoms with Gasteiger partial charge in [-0.3, -0.25) is 4.79 Å². The molecule has 0 aliphatic carbocycles. The molecule has 1 fully saturated rings. The Labute approximate surface area is 227 Å². The van der Waals surface area contributed by atoms with Crippen molar-refractivity contribution in [1.82, 2.24) is 25.4 Å². The van der Waals surface area contributed by atoms with E-state index in [0.29, 0.717) is 29.3 Å². The standard InChI is InChI=1S/C24H27ClN6O3.2ClH/c1-33-17-3-4-20-19(12-17)18(23(25)30-29-20)8-11-31-9-6-15(7-10-31)26-13-16-2-5-21-24(27-16)28-22(32)14-34-21;;/h2-5,12,15,26H,6-11,13-14H2,1H3,(H,27,28,32);2*1H. The molecule has 4 heterocycles. The number of rotatable bonds is 7. The second kappa shape index (κ2) is 12.7. The number of piperidine rings is 1. The minimum Gasteiger partial charge on any atom is -0.497 e. The van der Waals surface area contributed by atoms with Gasteiger partial charge in [0.1, 0.15) is 5.75 Å². The van der Waals surface area contributed by atoms with Gasteiger partial charge in [-0.2, -0.15) is 0 Å². The SMILES string of the molecule is COc1ccc2nnc(Cl)c(CCN3CCC(NCc4ccc5c(n4)NC(=O)CO5)CC3)c2c1.Cl.Cl. The molecule has 2 aromatic heterocycles. The van der Waals surface area contributed by atoms with E-state index in [4.69, 9.17) is 21.1 Å². The molecule has 2 aliphatic heterocycles. The number of fused-ring (bicyclic) bond motifs is 2. The topological polar surface area (TPSA) is 102 Å². The Morgan fingerprint density at radius 1 is 1.19 bits per heavy atom. The van der Waals surface area contributed by atoms with Crippen LogP contribution in [0.2, 0.25) is 5.15 Å². The lowest BCUT2D eigenvalue weighted by atomic mass is 10.0. The molecule has 12 heteroatoms. The van der Waals surface area contributed by atoms with Gasteiger partial charge in [-0.05, 0) is 62.7 Å². The van der Waals surface area contributed by atoms with Crippen LogP contribution in [0.3, 0.4) is 0 Å². The molecule has 1 aromatic carbocycles. The molecule has 1 saturated heterocycles. The molecule has 0 spiro atoms. The first-order chi connectivity index (χ1) is 16.6. The van der Waals surface area contributed by atoms with Crippen LogP contribution in [0.1, 0.15) is 24.1 Å². The highest BCUT2D eigenvalue weighted by Crippen LogP contribution is 2.27. The molecule has 2 N–H and O–H groups in total. The third-order valence-electron chi connectivity index (χ3n) is 6.39. The molecule has 0 bridgehead atoms. The fraction of sp³-hybridized carbons (Fsp3) is 0.417. The van der Waals surface area contributed by atoms with Crippen molar-refractivity contribution in [3.8, 4) is 11.5 Å². The second-order valence-electron chi connectivity index (χ2n) is 8.59. The van der Waals surface area contributed by atoms with Crippen LogP contribution in [0, 0.1) is 0 Å². The van der Waals surface area contributed by atoms with E-state index in [1.807, 2.05) is 30.3 Å². The predicted octanol–water partition coefficient (Wildman–Crippen LogP) is 3.66.